The van der Waals surface area contributed by atoms with Gasteiger partial charge in [-0.15, -0.1) is 0 Å². The van der Waals surface area contributed by atoms with E-state index in [0.29, 0.717) is 55.4 Å². The number of aromatic nitrogens is 1. The number of benzene rings is 3. The largest absolute Gasteiger partial charge is 0.338 e. The molecule has 1 aromatic heterocycles. The molecule has 0 aliphatic carbocycles. The molecular weight excluding hydrogens is 524 g/mol. The van der Waals surface area contributed by atoms with E-state index in [4.69, 9.17) is 10.8 Å². The highest BCUT2D eigenvalue weighted by molar-refractivity contribution is 6.30. The van der Waals surface area contributed by atoms with Crippen LogP contribution < -0.4 is 10.2 Å². The first-order chi connectivity index (χ1) is 19.9. The Morgan fingerprint density at radius 1 is 0.878 bits per heavy atom. The Bertz CT molecular complexity index is 1650. The monoisotopic (exact) mass is 551 g/mol. The summed E-state index contributed by atoms with van der Waals surface area (Å²) in [5, 5.41) is 21.3. The Labute approximate surface area is 235 Å². The summed E-state index contributed by atoms with van der Waals surface area (Å²) in [7, 11) is 0. The van der Waals surface area contributed by atoms with Crippen molar-refractivity contribution in [3.05, 3.63) is 119 Å². The third kappa shape index (κ3) is 5.17. The molecule has 41 heavy (non-hydrogen) atoms. The van der Waals surface area contributed by atoms with Gasteiger partial charge in [-0.25, -0.2) is 13.8 Å². The van der Waals surface area contributed by atoms with Gasteiger partial charge >= 0.3 is 0 Å². The van der Waals surface area contributed by atoms with Crippen molar-refractivity contribution < 1.29 is 13.6 Å². The fourth-order valence-electron chi connectivity index (χ4n) is 5.15. The number of halogens is 2. The van der Waals surface area contributed by atoms with Crippen LogP contribution in [0.2, 0.25) is 0 Å². The van der Waals surface area contributed by atoms with Gasteiger partial charge in [-0.05, 0) is 48.0 Å². The standard InChI is InChI=1S/C31H27F2N7O/c32-24-12-11-22(18-25(24)33)31(41)39-16-14-38(15-17-39)19-20-7-9-21(10-8-20)28(34)40-27-6-3-13-36-30(27)37-26-5-2-1-4-23(26)29(40)35/h1-13,18,34-35H,14-17,19H2,(H,36,37). The maximum absolute atomic E-state index is 13.6. The van der Waals surface area contributed by atoms with E-state index in [-0.39, 0.29) is 23.1 Å². The van der Waals surface area contributed by atoms with Gasteiger partial charge in [0.15, 0.2) is 17.5 Å². The second kappa shape index (κ2) is 10.9. The third-order valence-corrected chi connectivity index (χ3v) is 7.37. The topological polar surface area (TPSA) is 99.4 Å². The number of anilines is 3. The number of carbonyl (C=O) groups excluding carboxylic acids is 1. The fourth-order valence-corrected chi connectivity index (χ4v) is 5.15. The Kier molecular flexibility index (Phi) is 6.98. The van der Waals surface area contributed by atoms with Crippen LogP contribution in [0.3, 0.4) is 0 Å². The number of para-hydroxylation sites is 1. The van der Waals surface area contributed by atoms with Crippen molar-refractivity contribution in [3.63, 3.8) is 0 Å². The number of nitrogens with zero attached hydrogens (tertiary/aromatic N) is 4. The maximum Gasteiger partial charge on any atom is 0.254 e. The SMILES string of the molecule is N=C(c1ccc(CN2CCN(C(=O)c3ccc(F)c(F)c3)CC2)cc1)N1C(=N)c2ccccc2Nc2ncccc21. The predicted molar refractivity (Wildman–Crippen MR) is 154 cm³/mol. The Morgan fingerprint density at radius 2 is 1.61 bits per heavy atom. The molecule has 1 amide bonds. The number of fused-ring (bicyclic) bond motifs is 2. The summed E-state index contributed by atoms with van der Waals surface area (Å²) in [5.74, 6) is -1.38. The first-order valence-corrected chi connectivity index (χ1v) is 13.2. The minimum absolute atomic E-state index is 0.144. The van der Waals surface area contributed by atoms with Crippen LogP contribution in [-0.2, 0) is 6.54 Å². The molecule has 8 nitrogen and oxygen atoms in total. The van der Waals surface area contributed by atoms with Crippen LogP contribution in [0.4, 0.5) is 26.0 Å². The summed E-state index contributed by atoms with van der Waals surface area (Å²) < 4.78 is 26.8. The molecule has 3 N–H and O–H groups in total. The molecule has 1 fully saturated rings. The number of amidine groups is 2. The number of pyridine rings is 1. The number of nitrogens with one attached hydrogen (secondary N) is 3. The quantitative estimate of drug-likeness (QED) is 0.238. The molecule has 6 rings (SSSR count). The zero-order valence-electron chi connectivity index (χ0n) is 22.1. The molecule has 0 saturated carbocycles. The lowest BCUT2D eigenvalue weighted by molar-refractivity contribution is 0.0628. The first-order valence-electron chi connectivity index (χ1n) is 13.2. The highest BCUT2D eigenvalue weighted by atomic mass is 19.2. The van der Waals surface area contributed by atoms with Gasteiger partial charge in [0, 0.05) is 55.6 Å². The van der Waals surface area contributed by atoms with E-state index in [2.05, 4.69) is 15.2 Å². The van der Waals surface area contributed by atoms with Crippen LogP contribution >= 0.6 is 0 Å². The Balaban J connectivity index is 1.13. The average Bonchev–Trinajstić information content (AvgIpc) is 3.12. The van der Waals surface area contributed by atoms with Crippen LogP contribution in [-0.4, -0.2) is 58.5 Å². The van der Waals surface area contributed by atoms with Crippen LogP contribution in [0.5, 0.6) is 0 Å². The van der Waals surface area contributed by atoms with Gasteiger partial charge in [0.05, 0.1) is 11.4 Å². The van der Waals surface area contributed by atoms with Crippen LogP contribution in [0.1, 0.15) is 27.0 Å². The van der Waals surface area contributed by atoms with E-state index < -0.39 is 11.6 Å². The van der Waals surface area contributed by atoms with Crippen LogP contribution in [0.25, 0.3) is 0 Å². The highest BCUT2D eigenvalue weighted by Gasteiger charge is 2.28. The normalized spacial score (nSPS) is 15.0. The summed E-state index contributed by atoms with van der Waals surface area (Å²) in [4.78, 5) is 22.7. The molecule has 4 aromatic rings. The molecule has 0 bridgehead atoms. The summed E-state index contributed by atoms with van der Waals surface area (Å²) in [5.41, 5.74) is 3.92. The molecule has 10 heteroatoms. The predicted octanol–water partition coefficient (Wildman–Crippen LogP) is 5.23. The molecule has 3 heterocycles. The van der Waals surface area contributed by atoms with Crippen molar-refractivity contribution in [3.8, 4) is 0 Å². The number of carbonyl (C=O) groups is 1. The van der Waals surface area contributed by atoms with Gasteiger partial charge in [-0.2, -0.15) is 0 Å². The number of amides is 1. The van der Waals surface area contributed by atoms with Gasteiger partial charge in [-0.1, -0.05) is 36.4 Å². The van der Waals surface area contributed by atoms with E-state index in [9.17, 15) is 13.6 Å². The number of hydrogen-bond acceptors (Lipinski definition) is 6. The molecule has 0 unspecified atom stereocenters. The van der Waals surface area contributed by atoms with Gasteiger partial charge in [0.1, 0.15) is 11.7 Å². The summed E-state index contributed by atoms with van der Waals surface area (Å²) >= 11 is 0. The Hall–Kier alpha value is -4.96. The van der Waals surface area contributed by atoms with Gasteiger partial charge < -0.3 is 10.2 Å². The van der Waals surface area contributed by atoms with Crippen molar-refractivity contribution >= 4 is 34.8 Å². The zero-order chi connectivity index (χ0) is 28.5. The van der Waals surface area contributed by atoms with Gasteiger partial charge in [-0.3, -0.25) is 25.4 Å². The second-order valence-corrected chi connectivity index (χ2v) is 9.97. The summed E-state index contributed by atoms with van der Waals surface area (Å²) in [6, 6.07) is 22.1. The van der Waals surface area contributed by atoms with Crippen LogP contribution in [0, 0.1) is 22.5 Å². The molecule has 0 radical (unpaired) electrons. The van der Waals surface area contributed by atoms with Crippen molar-refractivity contribution in [1.29, 1.82) is 10.8 Å². The van der Waals surface area contributed by atoms with E-state index in [1.165, 1.54) is 6.07 Å². The summed E-state index contributed by atoms with van der Waals surface area (Å²) in [6.45, 7) is 2.94. The molecular formula is C31H27F2N7O. The smallest absolute Gasteiger partial charge is 0.254 e. The lowest BCUT2D eigenvalue weighted by Crippen LogP contribution is -2.48. The number of piperazine rings is 1. The minimum Gasteiger partial charge on any atom is -0.338 e. The maximum atomic E-state index is 13.6. The average molecular weight is 552 g/mol. The van der Waals surface area contributed by atoms with E-state index in [1.807, 2.05) is 54.6 Å². The van der Waals surface area contributed by atoms with Crippen LogP contribution in [0.15, 0.2) is 85.1 Å². The van der Waals surface area contributed by atoms with Crippen molar-refractivity contribution in [2.45, 2.75) is 6.54 Å². The van der Waals surface area contributed by atoms with E-state index >= 15 is 0 Å². The van der Waals surface area contributed by atoms with Gasteiger partial charge in [0.2, 0.25) is 0 Å². The molecule has 1 saturated heterocycles. The van der Waals surface area contributed by atoms with Crippen molar-refractivity contribution in [2.24, 2.45) is 0 Å². The fraction of sp³-hybridized carbons (Fsp3) is 0.161. The minimum atomic E-state index is -1.03. The number of rotatable bonds is 4. The Morgan fingerprint density at radius 3 is 2.37 bits per heavy atom. The lowest BCUT2D eigenvalue weighted by Gasteiger charge is -2.34. The lowest BCUT2D eigenvalue weighted by atomic mass is 10.1. The molecule has 2 aliphatic rings. The number of hydrogen-bond donors (Lipinski definition) is 3. The van der Waals surface area contributed by atoms with E-state index in [0.717, 1.165) is 23.4 Å². The van der Waals surface area contributed by atoms with Crippen molar-refractivity contribution in [2.75, 3.05) is 36.4 Å². The molecule has 2 aliphatic heterocycles. The molecule has 3 aromatic carbocycles. The third-order valence-electron chi connectivity index (χ3n) is 7.37. The summed E-state index contributed by atoms with van der Waals surface area (Å²) in [6.07, 6.45) is 1.68. The first kappa shape index (κ1) is 26.3. The second-order valence-electron chi connectivity index (χ2n) is 9.97. The van der Waals surface area contributed by atoms with E-state index in [1.54, 1.807) is 22.1 Å². The highest BCUT2D eigenvalue weighted by Crippen LogP contribution is 2.34. The van der Waals surface area contributed by atoms with Crippen molar-refractivity contribution in [1.82, 2.24) is 14.8 Å². The zero-order valence-corrected chi connectivity index (χ0v) is 22.1. The molecule has 0 atom stereocenters. The molecule has 206 valence electrons. The molecule has 0 spiro atoms. The van der Waals surface area contributed by atoms with Gasteiger partial charge in [0.25, 0.3) is 5.91 Å².